The van der Waals surface area contributed by atoms with Crippen LogP contribution < -0.4 is 10.2 Å². The van der Waals surface area contributed by atoms with Crippen molar-refractivity contribution in [3.05, 3.63) is 30.3 Å². The Morgan fingerprint density at radius 2 is 1.81 bits per heavy atom. The van der Waals surface area contributed by atoms with E-state index in [1.165, 1.54) is 4.90 Å². The first-order chi connectivity index (χ1) is 12.5. The molecule has 0 aromatic heterocycles. The smallest absolute Gasteiger partial charge is 0.332 e. The number of piperidine rings is 1. The molecule has 0 aliphatic carbocycles. The molecule has 1 N–H and O–H groups in total. The van der Waals surface area contributed by atoms with Gasteiger partial charge in [-0.25, -0.2) is 4.79 Å². The number of imide groups is 1. The van der Waals surface area contributed by atoms with Crippen molar-refractivity contribution in [3.8, 4) is 0 Å². The van der Waals surface area contributed by atoms with Crippen LogP contribution >= 0.6 is 0 Å². The fraction of sp³-hybridized carbons (Fsp3) is 0.526. The van der Waals surface area contributed by atoms with Gasteiger partial charge in [-0.1, -0.05) is 25.1 Å². The highest BCUT2D eigenvalue weighted by molar-refractivity contribution is 6.15. The molecule has 1 unspecified atom stereocenters. The van der Waals surface area contributed by atoms with Gasteiger partial charge in [-0.15, -0.1) is 0 Å². The van der Waals surface area contributed by atoms with E-state index in [1.807, 2.05) is 18.2 Å². The standard InChI is InChI=1S/C19H26N4O3/c1-3-21-11-9-15(10-12-21)20-17(24)13-22-18(25)14(2)23(19(22)26)16-7-5-4-6-8-16/h4-8,14-15H,3,9-13H2,1-2H3,(H,20,24). The van der Waals surface area contributed by atoms with Gasteiger partial charge < -0.3 is 10.2 Å². The summed E-state index contributed by atoms with van der Waals surface area (Å²) in [6.07, 6.45) is 1.79. The number of benzene rings is 1. The number of nitrogens with zero attached hydrogens (tertiary/aromatic N) is 3. The molecule has 1 atom stereocenters. The van der Waals surface area contributed by atoms with E-state index in [0.717, 1.165) is 37.4 Å². The number of likely N-dealkylation sites (tertiary alicyclic amines) is 1. The van der Waals surface area contributed by atoms with E-state index in [1.54, 1.807) is 19.1 Å². The van der Waals surface area contributed by atoms with Crippen molar-refractivity contribution in [1.82, 2.24) is 15.1 Å². The van der Waals surface area contributed by atoms with Crippen molar-refractivity contribution in [1.29, 1.82) is 0 Å². The molecule has 2 heterocycles. The second kappa shape index (κ2) is 7.86. The number of carbonyl (C=O) groups is 3. The average molecular weight is 358 g/mol. The lowest BCUT2D eigenvalue weighted by Gasteiger charge is -2.31. The molecule has 1 aromatic rings. The van der Waals surface area contributed by atoms with E-state index in [9.17, 15) is 14.4 Å². The van der Waals surface area contributed by atoms with Gasteiger partial charge >= 0.3 is 6.03 Å². The highest BCUT2D eigenvalue weighted by atomic mass is 16.2. The van der Waals surface area contributed by atoms with Crippen LogP contribution in [0.2, 0.25) is 0 Å². The summed E-state index contributed by atoms with van der Waals surface area (Å²) in [5, 5.41) is 2.97. The lowest BCUT2D eigenvalue weighted by Crippen LogP contribution is -2.48. The first kappa shape index (κ1) is 18.4. The number of hydrogen-bond acceptors (Lipinski definition) is 4. The van der Waals surface area contributed by atoms with Crippen molar-refractivity contribution in [3.63, 3.8) is 0 Å². The minimum absolute atomic E-state index is 0.112. The SMILES string of the molecule is CCN1CCC(NC(=O)CN2C(=O)C(C)N(c3ccccc3)C2=O)CC1. The predicted molar refractivity (Wildman–Crippen MR) is 98.8 cm³/mol. The van der Waals surface area contributed by atoms with E-state index >= 15 is 0 Å². The lowest BCUT2D eigenvalue weighted by molar-refractivity contribution is -0.132. The van der Waals surface area contributed by atoms with E-state index < -0.39 is 12.1 Å². The van der Waals surface area contributed by atoms with E-state index in [2.05, 4.69) is 17.1 Å². The van der Waals surface area contributed by atoms with E-state index in [-0.39, 0.29) is 24.4 Å². The highest BCUT2D eigenvalue weighted by Gasteiger charge is 2.44. The van der Waals surface area contributed by atoms with Crippen molar-refractivity contribution >= 4 is 23.5 Å². The zero-order valence-electron chi connectivity index (χ0n) is 15.4. The third kappa shape index (κ3) is 3.72. The van der Waals surface area contributed by atoms with Crippen LogP contribution in [-0.4, -0.2) is 65.9 Å². The number of para-hydroxylation sites is 1. The summed E-state index contributed by atoms with van der Waals surface area (Å²) in [7, 11) is 0. The van der Waals surface area contributed by atoms with Crippen molar-refractivity contribution < 1.29 is 14.4 Å². The minimum Gasteiger partial charge on any atom is -0.352 e. The van der Waals surface area contributed by atoms with Crippen molar-refractivity contribution in [2.24, 2.45) is 0 Å². The third-order valence-electron chi connectivity index (χ3n) is 5.18. The Bertz CT molecular complexity index is 671. The van der Waals surface area contributed by atoms with Crippen LogP contribution in [0, 0.1) is 0 Å². The number of carbonyl (C=O) groups excluding carboxylic acids is 3. The first-order valence-electron chi connectivity index (χ1n) is 9.22. The van der Waals surface area contributed by atoms with Gasteiger partial charge in [0.15, 0.2) is 0 Å². The number of urea groups is 1. The fourth-order valence-corrected chi connectivity index (χ4v) is 3.60. The summed E-state index contributed by atoms with van der Waals surface area (Å²) in [5.41, 5.74) is 0.660. The quantitative estimate of drug-likeness (QED) is 0.809. The summed E-state index contributed by atoms with van der Waals surface area (Å²) in [6.45, 7) is 6.53. The van der Waals surface area contributed by atoms with Crippen LogP contribution in [0.4, 0.5) is 10.5 Å². The molecule has 0 radical (unpaired) electrons. The largest absolute Gasteiger partial charge is 0.352 e. The maximum Gasteiger partial charge on any atom is 0.332 e. The molecule has 0 saturated carbocycles. The van der Waals surface area contributed by atoms with Crippen LogP contribution in [-0.2, 0) is 9.59 Å². The number of amides is 4. The molecule has 7 nitrogen and oxygen atoms in total. The molecule has 3 rings (SSSR count). The minimum atomic E-state index is -0.606. The lowest BCUT2D eigenvalue weighted by atomic mass is 10.1. The van der Waals surface area contributed by atoms with Gasteiger partial charge in [-0.2, -0.15) is 0 Å². The van der Waals surface area contributed by atoms with Crippen molar-refractivity contribution in [2.75, 3.05) is 31.1 Å². The van der Waals surface area contributed by atoms with Gasteiger partial charge in [0, 0.05) is 24.8 Å². The first-order valence-corrected chi connectivity index (χ1v) is 9.22. The van der Waals surface area contributed by atoms with E-state index in [4.69, 9.17) is 0 Å². The fourth-order valence-electron chi connectivity index (χ4n) is 3.60. The molecule has 1 aromatic carbocycles. The second-order valence-electron chi connectivity index (χ2n) is 6.86. The van der Waals surface area contributed by atoms with Gasteiger partial charge in [-0.05, 0) is 38.4 Å². The molecule has 2 saturated heterocycles. The molecular formula is C19H26N4O3. The molecule has 4 amide bonds. The molecule has 7 heteroatoms. The van der Waals surface area contributed by atoms with Crippen LogP contribution in [0.3, 0.4) is 0 Å². The zero-order valence-corrected chi connectivity index (χ0v) is 15.4. The van der Waals surface area contributed by atoms with Gasteiger partial charge in [0.1, 0.15) is 12.6 Å². The molecule has 0 spiro atoms. The summed E-state index contributed by atoms with van der Waals surface area (Å²) in [5.74, 6) is -0.612. The molecule has 2 aliphatic rings. The molecule has 26 heavy (non-hydrogen) atoms. The van der Waals surface area contributed by atoms with Gasteiger partial charge in [0.25, 0.3) is 5.91 Å². The summed E-state index contributed by atoms with van der Waals surface area (Å²) in [4.78, 5) is 42.4. The van der Waals surface area contributed by atoms with Crippen LogP contribution in [0.5, 0.6) is 0 Å². The monoisotopic (exact) mass is 358 g/mol. The van der Waals surface area contributed by atoms with Gasteiger partial charge in [0.05, 0.1) is 0 Å². The predicted octanol–water partition coefficient (Wildman–Crippen LogP) is 1.44. The Morgan fingerprint density at radius 3 is 2.42 bits per heavy atom. The number of nitrogens with one attached hydrogen (secondary N) is 1. The second-order valence-corrected chi connectivity index (χ2v) is 6.86. The number of rotatable bonds is 5. The van der Waals surface area contributed by atoms with Gasteiger partial charge in [0.2, 0.25) is 5.91 Å². The molecule has 2 fully saturated rings. The van der Waals surface area contributed by atoms with Crippen LogP contribution in [0.25, 0.3) is 0 Å². The molecule has 0 bridgehead atoms. The number of anilines is 1. The molecule has 2 aliphatic heterocycles. The Morgan fingerprint density at radius 1 is 1.15 bits per heavy atom. The molecular weight excluding hydrogens is 332 g/mol. The van der Waals surface area contributed by atoms with Crippen LogP contribution in [0.15, 0.2) is 30.3 Å². The Kier molecular flexibility index (Phi) is 5.56. The summed E-state index contributed by atoms with van der Waals surface area (Å²) >= 11 is 0. The summed E-state index contributed by atoms with van der Waals surface area (Å²) < 4.78 is 0. The van der Waals surface area contributed by atoms with Crippen molar-refractivity contribution in [2.45, 2.75) is 38.8 Å². The van der Waals surface area contributed by atoms with Gasteiger partial charge in [-0.3, -0.25) is 19.4 Å². The van der Waals surface area contributed by atoms with E-state index in [0.29, 0.717) is 5.69 Å². The summed E-state index contributed by atoms with van der Waals surface area (Å²) in [6, 6.07) is 8.12. The number of hydrogen-bond donors (Lipinski definition) is 1. The average Bonchev–Trinajstić information content (AvgIpc) is 2.86. The van der Waals surface area contributed by atoms with Crippen LogP contribution in [0.1, 0.15) is 26.7 Å². The normalized spacial score (nSPS) is 22.2. The maximum atomic E-state index is 12.7. The Balaban J connectivity index is 1.60. The maximum absolute atomic E-state index is 12.7. The zero-order chi connectivity index (χ0) is 18.7. The Labute approximate surface area is 153 Å². The molecule has 140 valence electrons. The third-order valence-corrected chi connectivity index (χ3v) is 5.18. The highest BCUT2D eigenvalue weighted by Crippen LogP contribution is 2.25. The topological polar surface area (TPSA) is 73.0 Å². The Hall–Kier alpha value is -2.41.